The Morgan fingerprint density at radius 2 is 2.05 bits per heavy atom. The molecule has 0 saturated heterocycles. The minimum Gasteiger partial charge on any atom is -0.341 e. The summed E-state index contributed by atoms with van der Waals surface area (Å²) >= 11 is 0. The molecule has 0 aliphatic rings. The lowest BCUT2D eigenvalue weighted by atomic mass is 10.0. The molecule has 0 aliphatic heterocycles. The quantitative estimate of drug-likeness (QED) is 0.789. The molecule has 0 fully saturated rings. The Hall–Kier alpha value is -2.24. The third kappa shape index (κ3) is 3.01. The molecule has 2 aromatic rings. The maximum Gasteiger partial charge on any atom is 0.326 e. The van der Waals surface area contributed by atoms with E-state index in [2.05, 4.69) is 15.6 Å². The number of imidazole rings is 1. The van der Waals surface area contributed by atoms with Gasteiger partial charge in [-0.3, -0.25) is 4.57 Å². The van der Waals surface area contributed by atoms with Crippen LogP contribution in [0, 0.1) is 0 Å². The summed E-state index contributed by atoms with van der Waals surface area (Å²) in [4.78, 5) is 26.1. The predicted molar refractivity (Wildman–Crippen MR) is 78.8 cm³/mol. The Morgan fingerprint density at radius 3 is 2.75 bits per heavy atom. The van der Waals surface area contributed by atoms with Gasteiger partial charge < -0.3 is 15.6 Å². The highest BCUT2D eigenvalue weighted by molar-refractivity contribution is 5.75. The first-order chi connectivity index (χ1) is 9.43. The van der Waals surface area contributed by atoms with Crippen LogP contribution in [0.15, 0.2) is 29.1 Å². The van der Waals surface area contributed by atoms with Crippen LogP contribution in [0.4, 0.5) is 4.79 Å². The van der Waals surface area contributed by atoms with Gasteiger partial charge in [0, 0.05) is 19.1 Å². The zero-order valence-electron chi connectivity index (χ0n) is 12.0. The third-order valence-corrected chi connectivity index (χ3v) is 3.32. The van der Waals surface area contributed by atoms with E-state index < -0.39 is 5.54 Å². The summed E-state index contributed by atoms with van der Waals surface area (Å²) in [7, 11) is 1.58. The van der Waals surface area contributed by atoms with Gasteiger partial charge in [0.2, 0.25) is 0 Å². The van der Waals surface area contributed by atoms with Gasteiger partial charge in [0.1, 0.15) is 0 Å². The number of urea groups is 1. The number of nitrogens with one attached hydrogen (secondary N) is 3. The topological polar surface area (TPSA) is 78.9 Å². The molecule has 108 valence electrons. The normalized spacial score (nSPS) is 11.6. The number of aromatic amines is 1. The molecule has 0 unspecified atom stereocenters. The van der Waals surface area contributed by atoms with Crippen molar-refractivity contribution in [1.29, 1.82) is 0 Å². The summed E-state index contributed by atoms with van der Waals surface area (Å²) in [5.41, 5.74) is 1.20. The molecule has 6 nitrogen and oxygen atoms in total. The second-order valence-electron chi connectivity index (χ2n) is 5.44. The van der Waals surface area contributed by atoms with E-state index in [1.54, 1.807) is 11.6 Å². The van der Waals surface area contributed by atoms with Crippen LogP contribution in [0.1, 0.15) is 20.3 Å². The maximum atomic E-state index is 11.9. The number of para-hydroxylation sites is 2. The van der Waals surface area contributed by atoms with Crippen molar-refractivity contribution in [3.05, 3.63) is 34.7 Å². The van der Waals surface area contributed by atoms with Crippen LogP contribution >= 0.6 is 0 Å². The van der Waals surface area contributed by atoms with Gasteiger partial charge in [0.15, 0.2) is 0 Å². The number of hydrogen-bond donors (Lipinski definition) is 3. The second kappa shape index (κ2) is 5.40. The van der Waals surface area contributed by atoms with Crippen LogP contribution in [0.5, 0.6) is 0 Å². The van der Waals surface area contributed by atoms with Gasteiger partial charge in [0.05, 0.1) is 11.0 Å². The Morgan fingerprint density at radius 1 is 1.35 bits per heavy atom. The molecule has 2 amide bonds. The van der Waals surface area contributed by atoms with E-state index in [-0.39, 0.29) is 11.7 Å². The van der Waals surface area contributed by atoms with Gasteiger partial charge in [-0.05, 0) is 32.4 Å². The fourth-order valence-electron chi connectivity index (χ4n) is 2.15. The van der Waals surface area contributed by atoms with Crippen molar-refractivity contribution >= 4 is 17.1 Å². The minimum atomic E-state index is -0.391. The third-order valence-electron chi connectivity index (χ3n) is 3.32. The van der Waals surface area contributed by atoms with Gasteiger partial charge in [-0.25, -0.2) is 9.59 Å². The number of aryl methyl sites for hydroxylation is 1. The number of hydrogen-bond acceptors (Lipinski definition) is 2. The molecular weight excluding hydrogens is 256 g/mol. The van der Waals surface area contributed by atoms with Gasteiger partial charge in [0.25, 0.3) is 0 Å². The van der Waals surface area contributed by atoms with Crippen LogP contribution in [0.3, 0.4) is 0 Å². The van der Waals surface area contributed by atoms with Gasteiger partial charge in [-0.2, -0.15) is 0 Å². The maximum absolute atomic E-state index is 11.9. The zero-order chi connectivity index (χ0) is 14.8. The fraction of sp³-hybridized carbons (Fsp3) is 0.429. The van der Waals surface area contributed by atoms with E-state index in [0.29, 0.717) is 13.0 Å². The molecule has 0 saturated carbocycles. The average Bonchev–Trinajstić information content (AvgIpc) is 2.71. The molecule has 3 N–H and O–H groups in total. The van der Waals surface area contributed by atoms with E-state index in [4.69, 9.17) is 0 Å². The molecule has 1 aromatic heterocycles. The first kappa shape index (κ1) is 14.2. The van der Waals surface area contributed by atoms with Crippen molar-refractivity contribution in [1.82, 2.24) is 20.2 Å². The lowest BCUT2D eigenvalue weighted by Gasteiger charge is -2.26. The number of carbonyl (C=O) groups is 1. The number of aromatic nitrogens is 2. The molecule has 1 aromatic carbocycles. The number of benzene rings is 1. The highest BCUT2D eigenvalue weighted by Crippen LogP contribution is 2.13. The van der Waals surface area contributed by atoms with E-state index in [1.807, 2.05) is 38.1 Å². The lowest BCUT2D eigenvalue weighted by Crippen LogP contribution is -2.48. The van der Waals surface area contributed by atoms with E-state index in [9.17, 15) is 9.59 Å². The monoisotopic (exact) mass is 276 g/mol. The van der Waals surface area contributed by atoms with Crippen molar-refractivity contribution < 1.29 is 4.79 Å². The average molecular weight is 276 g/mol. The van der Waals surface area contributed by atoms with Crippen molar-refractivity contribution in [3.8, 4) is 0 Å². The largest absolute Gasteiger partial charge is 0.341 e. The van der Waals surface area contributed by atoms with Crippen molar-refractivity contribution in [2.24, 2.45) is 0 Å². The van der Waals surface area contributed by atoms with Crippen molar-refractivity contribution in [3.63, 3.8) is 0 Å². The van der Waals surface area contributed by atoms with Crippen LogP contribution in [0.25, 0.3) is 11.0 Å². The number of rotatable bonds is 4. The number of carbonyl (C=O) groups excluding carboxylic acids is 1. The number of fused-ring (bicyclic) bond motifs is 1. The second-order valence-corrected chi connectivity index (χ2v) is 5.44. The molecule has 0 aliphatic carbocycles. The molecule has 0 atom stereocenters. The van der Waals surface area contributed by atoms with E-state index in [1.165, 1.54) is 0 Å². The van der Waals surface area contributed by atoms with Crippen molar-refractivity contribution in [2.45, 2.75) is 32.4 Å². The highest BCUT2D eigenvalue weighted by Gasteiger charge is 2.20. The van der Waals surface area contributed by atoms with Gasteiger partial charge >= 0.3 is 11.7 Å². The molecular formula is C14H20N4O2. The first-order valence-electron chi connectivity index (χ1n) is 6.60. The number of amides is 2. The zero-order valence-corrected chi connectivity index (χ0v) is 12.0. The molecule has 0 bridgehead atoms. The summed E-state index contributed by atoms with van der Waals surface area (Å²) in [6.45, 7) is 4.41. The van der Waals surface area contributed by atoms with Crippen molar-refractivity contribution in [2.75, 3.05) is 7.05 Å². The van der Waals surface area contributed by atoms with Crippen LogP contribution in [0.2, 0.25) is 0 Å². The van der Waals surface area contributed by atoms with E-state index in [0.717, 1.165) is 11.0 Å². The smallest absolute Gasteiger partial charge is 0.326 e. The van der Waals surface area contributed by atoms with Crippen LogP contribution < -0.4 is 16.3 Å². The van der Waals surface area contributed by atoms with Gasteiger partial charge in [-0.1, -0.05) is 12.1 Å². The number of H-pyrrole nitrogens is 1. The Balaban J connectivity index is 2.15. The van der Waals surface area contributed by atoms with Crippen LogP contribution in [-0.2, 0) is 6.54 Å². The predicted octanol–water partition coefficient (Wildman–Crippen LogP) is 1.43. The van der Waals surface area contributed by atoms with Crippen LogP contribution in [-0.4, -0.2) is 28.2 Å². The highest BCUT2D eigenvalue weighted by atomic mass is 16.2. The molecule has 0 spiro atoms. The molecule has 20 heavy (non-hydrogen) atoms. The lowest BCUT2D eigenvalue weighted by molar-refractivity contribution is 0.228. The molecule has 0 radical (unpaired) electrons. The molecule has 6 heteroatoms. The first-order valence-corrected chi connectivity index (χ1v) is 6.60. The Bertz CT molecular complexity index is 669. The SMILES string of the molecule is CNC(=O)NC(C)(C)CCn1c(=O)[nH]c2ccccc21. The summed E-state index contributed by atoms with van der Waals surface area (Å²) in [6, 6.07) is 7.36. The summed E-state index contributed by atoms with van der Waals surface area (Å²) < 4.78 is 1.70. The van der Waals surface area contributed by atoms with Gasteiger partial charge in [-0.15, -0.1) is 0 Å². The molecule has 2 rings (SSSR count). The minimum absolute atomic E-state index is 0.123. The standard InChI is InChI=1S/C14H20N4O2/c1-14(2,17-12(19)15-3)8-9-18-11-7-5-4-6-10(11)16-13(18)20/h4-7H,8-9H2,1-3H3,(H,16,20)(H2,15,17,19). The number of nitrogens with zero attached hydrogens (tertiary/aromatic N) is 1. The summed E-state index contributed by atoms with van der Waals surface area (Å²) in [6.07, 6.45) is 0.655. The molecule has 1 heterocycles. The Labute approximate surface area is 117 Å². The fourth-order valence-corrected chi connectivity index (χ4v) is 2.15. The summed E-state index contributed by atoms with van der Waals surface area (Å²) in [5, 5.41) is 5.39. The summed E-state index contributed by atoms with van der Waals surface area (Å²) in [5.74, 6) is 0. The van der Waals surface area contributed by atoms with E-state index >= 15 is 0 Å². The Kier molecular flexibility index (Phi) is 3.83.